The number of methoxy groups -OCH3 is 1. The van der Waals surface area contributed by atoms with E-state index in [1.807, 2.05) is 53.4 Å². The van der Waals surface area contributed by atoms with E-state index in [1.54, 1.807) is 13.2 Å². The minimum Gasteiger partial charge on any atom is -0.497 e. The maximum Gasteiger partial charge on any atom is 0.410 e. The molecule has 2 heterocycles. The summed E-state index contributed by atoms with van der Waals surface area (Å²) in [4.78, 5) is 27.5. The van der Waals surface area contributed by atoms with Gasteiger partial charge in [-0.2, -0.15) is 0 Å². The Bertz CT molecular complexity index is 837. The van der Waals surface area contributed by atoms with E-state index in [2.05, 4.69) is 0 Å². The van der Waals surface area contributed by atoms with Gasteiger partial charge in [0.15, 0.2) is 5.78 Å². The van der Waals surface area contributed by atoms with Crippen molar-refractivity contribution in [3.8, 4) is 5.75 Å². The third kappa shape index (κ3) is 3.75. The molecule has 146 valence electrons. The fourth-order valence-electron chi connectivity index (χ4n) is 4.50. The molecular weight excluding hydrogens is 354 g/mol. The normalized spacial score (nSPS) is 23.3. The lowest BCUT2D eigenvalue weighted by molar-refractivity contribution is 0.0485. The molecule has 2 aromatic rings. The molecule has 2 fully saturated rings. The number of hydrogen-bond donors (Lipinski definition) is 0. The number of nitrogens with zero attached hydrogens (tertiary/aromatic N) is 1. The zero-order valence-electron chi connectivity index (χ0n) is 16.0. The monoisotopic (exact) mass is 379 g/mol. The smallest absolute Gasteiger partial charge is 0.410 e. The molecule has 5 nitrogen and oxygen atoms in total. The van der Waals surface area contributed by atoms with Gasteiger partial charge in [0.2, 0.25) is 0 Å². The third-order valence-electron chi connectivity index (χ3n) is 5.87. The second-order valence-electron chi connectivity index (χ2n) is 7.60. The van der Waals surface area contributed by atoms with Gasteiger partial charge in [0, 0.05) is 23.6 Å². The lowest BCUT2D eigenvalue weighted by atomic mass is 9.85. The van der Waals surface area contributed by atoms with E-state index in [9.17, 15) is 9.59 Å². The van der Waals surface area contributed by atoms with E-state index in [-0.39, 0.29) is 36.5 Å². The summed E-state index contributed by atoms with van der Waals surface area (Å²) in [6.45, 7) is 0.280. The number of rotatable bonds is 5. The van der Waals surface area contributed by atoms with Gasteiger partial charge < -0.3 is 14.4 Å². The number of Topliss-reactive ketones (excluding diaryl/α,β-unsaturated/α-hetero) is 1. The Kier molecular flexibility index (Phi) is 5.33. The Morgan fingerprint density at radius 1 is 1.00 bits per heavy atom. The minimum absolute atomic E-state index is 0.0530. The Balaban J connectivity index is 1.40. The van der Waals surface area contributed by atoms with Gasteiger partial charge in [0.1, 0.15) is 12.4 Å². The molecule has 0 radical (unpaired) electrons. The highest BCUT2D eigenvalue weighted by Crippen LogP contribution is 2.40. The van der Waals surface area contributed by atoms with Crippen LogP contribution in [0.15, 0.2) is 54.6 Å². The number of piperidine rings is 1. The minimum atomic E-state index is -0.261. The highest BCUT2D eigenvalue weighted by molar-refractivity contribution is 5.98. The molecule has 2 aliphatic heterocycles. The zero-order valence-corrected chi connectivity index (χ0v) is 16.0. The summed E-state index contributed by atoms with van der Waals surface area (Å²) in [5, 5.41) is 0. The SMILES string of the molecule is COc1cccc(C(=O)C2CC3CCC(C2)N3C(=O)OCc2ccccc2)c1. The molecule has 0 aliphatic carbocycles. The first-order valence-corrected chi connectivity index (χ1v) is 9.83. The van der Waals surface area contributed by atoms with Gasteiger partial charge in [-0.05, 0) is 43.4 Å². The molecule has 2 aromatic carbocycles. The van der Waals surface area contributed by atoms with Crippen molar-refractivity contribution >= 4 is 11.9 Å². The largest absolute Gasteiger partial charge is 0.497 e. The molecule has 2 aliphatic rings. The molecule has 2 bridgehead atoms. The predicted octanol–water partition coefficient (Wildman–Crippen LogP) is 4.46. The van der Waals surface area contributed by atoms with Crippen molar-refractivity contribution in [2.45, 2.75) is 44.4 Å². The molecule has 2 atom stereocenters. The Morgan fingerprint density at radius 2 is 1.71 bits per heavy atom. The summed E-state index contributed by atoms with van der Waals surface area (Å²) in [6.07, 6.45) is 3.02. The summed E-state index contributed by atoms with van der Waals surface area (Å²) in [6, 6.07) is 17.2. The molecule has 0 aromatic heterocycles. The van der Waals surface area contributed by atoms with Crippen molar-refractivity contribution in [2.75, 3.05) is 7.11 Å². The van der Waals surface area contributed by atoms with Crippen molar-refractivity contribution in [1.82, 2.24) is 4.90 Å². The van der Waals surface area contributed by atoms with E-state index in [0.717, 1.165) is 18.4 Å². The van der Waals surface area contributed by atoms with Crippen LogP contribution >= 0.6 is 0 Å². The van der Waals surface area contributed by atoms with Gasteiger partial charge >= 0.3 is 6.09 Å². The van der Waals surface area contributed by atoms with Crippen LogP contribution in [0.5, 0.6) is 5.75 Å². The molecule has 0 N–H and O–H groups in total. The van der Waals surface area contributed by atoms with Gasteiger partial charge in [0.25, 0.3) is 0 Å². The fraction of sp³-hybridized carbons (Fsp3) is 0.391. The number of fused-ring (bicyclic) bond motifs is 2. The Hall–Kier alpha value is -2.82. The van der Waals surface area contributed by atoms with Crippen LogP contribution in [0, 0.1) is 5.92 Å². The highest BCUT2D eigenvalue weighted by atomic mass is 16.6. The Morgan fingerprint density at radius 3 is 2.39 bits per heavy atom. The van der Waals surface area contributed by atoms with Crippen molar-refractivity contribution in [1.29, 1.82) is 0 Å². The maximum atomic E-state index is 13.0. The number of ketones is 1. The molecular formula is C23H25NO4. The molecule has 2 saturated heterocycles. The van der Waals surface area contributed by atoms with Crippen molar-refractivity contribution in [2.24, 2.45) is 5.92 Å². The molecule has 0 spiro atoms. The van der Waals surface area contributed by atoms with Crippen LogP contribution in [0.3, 0.4) is 0 Å². The summed E-state index contributed by atoms with van der Waals surface area (Å²) in [5.41, 5.74) is 1.66. The second-order valence-corrected chi connectivity index (χ2v) is 7.60. The van der Waals surface area contributed by atoms with Gasteiger partial charge in [-0.15, -0.1) is 0 Å². The first-order valence-electron chi connectivity index (χ1n) is 9.83. The number of benzene rings is 2. The molecule has 28 heavy (non-hydrogen) atoms. The van der Waals surface area contributed by atoms with Crippen LogP contribution in [-0.4, -0.2) is 36.0 Å². The van der Waals surface area contributed by atoms with Crippen LogP contribution in [-0.2, 0) is 11.3 Å². The van der Waals surface area contributed by atoms with Gasteiger partial charge in [-0.3, -0.25) is 4.79 Å². The molecule has 4 rings (SSSR count). The summed E-state index contributed by atoms with van der Waals surface area (Å²) < 4.78 is 10.8. The first kappa shape index (κ1) is 18.5. The first-order chi connectivity index (χ1) is 13.7. The fourth-order valence-corrected chi connectivity index (χ4v) is 4.50. The lowest BCUT2D eigenvalue weighted by Crippen LogP contribution is -2.48. The number of amides is 1. The van der Waals surface area contributed by atoms with E-state index in [4.69, 9.17) is 9.47 Å². The topological polar surface area (TPSA) is 55.8 Å². The van der Waals surface area contributed by atoms with Gasteiger partial charge in [-0.1, -0.05) is 42.5 Å². The predicted molar refractivity (Wildman–Crippen MR) is 105 cm³/mol. The van der Waals surface area contributed by atoms with Crippen LogP contribution in [0.1, 0.15) is 41.6 Å². The average molecular weight is 379 g/mol. The number of carbonyl (C=O) groups excluding carboxylic acids is 2. The van der Waals surface area contributed by atoms with E-state index in [0.29, 0.717) is 24.2 Å². The molecule has 0 saturated carbocycles. The zero-order chi connectivity index (χ0) is 19.5. The summed E-state index contributed by atoms with van der Waals surface area (Å²) in [7, 11) is 1.60. The average Bonchev–Trinajstić information content (AvgIpc) is 3.01. The number of carbonyl (C=O) groups is 2. The number of ether oxygens (including phenoxy) is 2. The van der Waals surface area contributed by atoms with E-state index >= 15 is 0 Å². The summed E-state index contributed by atoms with van der Waals surface area (Å²) >= 11 is 0. The van der Waals surface area contributed by atoms with Crippen LogP contribution in [0.2, 0.25) is 0 Å². The Labute approximate surface area is 165 Å². The van der Waals surface area contributed by atoms with Crippen LogP contribution < -0.4 is 4.74 Å². The second kappa shape index (κ2) is 8.05. The number of hydrogen-bond acceptors (Lipinski definition) is 4. The van der Waals surface area contributed by atoms with E-state index in [1.165, 1.54) is 0 Å². The molecule has 2 unspecified atom stereocenters. The quantitative estimate of drug-likeness (QED) is 0.720. The molecule has 1 amide bonds. The molecule has 5 heteroatoms. The van der Waals surface area contributed by atoms with Crippen molar-refractivity contribution in [3.05, 3.63) is 65.7 Å². The van der Waals surface area contributed by atoms with Gasteiger partial charge in [-0.25, -0.2) is 4.79 Å². The van der Waals surface area contributed by atoms with Crippen molar-refractivity contribution < 1.29 is 19.1 Å². The van der Waals surface area contributed by atoms with E-state index < -0.39 is 0 Å². The maximum absolute atomic E-state index is 13.0. The van der Waals surface area contributed by atoms with Crippen LogP contribution in [0.25, 0.3) is 0 Å². The highest BCUT2D eigenvalue weighted by Gasteiger charge is 2.45. The third-order valence-corrected chi connectivity index (χ3v) is 5.87. The van der Waals surface area contributed by atoms with Crippen LogP contribution in [0.4, 0.5) is 4.79 Å². The van der Waals surface area contributed by atoms with Crippen molar-refractivity contribution in [3.63, 3.8) is 0 Å². The summed E-state index contributed by atoms with van der Waals surface area (Å²) in [5.74, 6) is 0.784. The standard InChI is InChI=1S/C23H25NO4/c1-27-21-9-5-8-17(14-21)22(25)18-12-19-10-11-20(13-18)24(19)23(26)28-15-16-6-3-2-4-7-16/h2-9,14,18-20H,10-13,15H2,1H3. The lowest BCUT2D eigenvalue weighted by Gasteiger charge is -2.37. The van der Waals surface area contributed by atoms with Gasteiger partial charge in [0.05, 0.1) is 7.11 Å².